The summed E-state index contributed by atoms with van der Waals surface area (Å²) >= 11 is 0. The van der Waals surface area contributed by atoms with E-state index in [0.717, 1.165) is 12.1 Å². The highest BCUT2D eigenvalue weighted by molar-refractivity contribution is 5.31. The maximum absolute atomic E-state index is 12.7. The summed E-state index contributed by atoms with van der Waals surface area (Å²) in [5.41, 5.74) is 0.472. The second kappa shape index (κ2) is 2.97. The number of halogens is 2. The van der Waals surface area contributed by atoms with Gasteiger partial charge in [0, 0.05) is 12.3 Å². The molecule has 0 N–H and O–H groups in total. The van der Waals surface area contributed by atoms with Crippen LogP contribution < -0.4 is 0 Å². The summed E-state index contributed by atoms with van der Waals surface area (Å²) in [5.74, 6) is -1.74. The molecule has 0 saturated carbocycles. The van der Waals surface area contributed by atoms with Gasteiger partial charge in [0.1, 0.15) is 6.20 Å². The summed E-state index contributed by atoms with van der Waals surface area (Å²) in [7, 11) is 0. The summed E-state index contributed by atoms with van der Waals surface area (Å²) in [6.07, 6.45) is 4.16. The molecular formula is C9H5F2N2. The first-order chi connectivity index (χ1) is 6.27. The number of hydrogen-bond acceptors (Lipinski definition) is 1. The lowest BCUT2D eigenvalue weighted by molar-refractivity contribution is 0.507. The van der Waals surface area contributed by atoms with Crippen molar-refractivity contribution < 1.29 is 8.78 Å². The first-order valence-electron chi connectivity index (χ1n) is 3.64. The van der Waals surface area contributed by atoms with Crippen molar-refractivity contribution in [2.75, 3.05) is 0 Å². The zero-order valence-electron chi connectivity index (χ0n) is 6.54. The standard InChI is InChI=1S/C9H5F2N2/c10-8-3-2-7(6-9(8)11)13-5-1-4-12-13/h1-3,5-6H. The fourth-order valence-electron chi connectivity index (χ4n) is 1.00. The zero-order chi connectivity index (χ0) is 9.26. The van der Waals surface area contributed by atoms with Gasteiger partial charge >= 0.3 is 0 Å². The second-order valence-electron chi connectivity index (χ2n) is 2.49. The lowest BCUT2D eigenvalue weighted by Gasteiger charge is -2.00. The van der Waals surface area contributed by atoms with Gasteiger partial charge in [-0.15, -0.1) is 0 Å². The molecule has 0 bridgehead atoms. The third-order valence-electron chi connectivity index (χ3n) is 1.62. The summed E-state index contributed by atoms with van der Waals surface area (Å²) in [6, 6.07) is 5.17. The fourth-order valence-corrected chi connectivity index (χ4v) is 1.00. The molecular weight excluding hydrogens is 174 g/mol. The summed E-state index contributed by atoms with van der Waals surface area (Å²) in [5, 5.41) is 3.76. The van der Waals surface area contributed by atoms with Gasteiger partial charge in [-0.2, -0.15) is 5.10 Å². The Labute approximate surface area is 73.4 Å². The lowest BCUT2D eigenvalue weighted by Crippen LogP contribution is -1.95. The Bertz CT molecular complexity index is 410. The Hall–Kier alpha value is -1.71. The van der Waals surface area contributed by atoms with Gasteiger partial charge in [0.25, 0.3) is 0 Å². The van der Waals surface area contributed by atoms with Crippen molar-refractivity contribution in [2.24, 2.45) is 0 Å². The van der Waals surface area contributed by atoms with Gasteiger partial charge in [-0.25, -0.2) is 13.5 Å². The molecule has 65 valence electrons. The molecule has 1 aromatic carbocycles. The van der Waals surface area contributed by atoms with Gasteiger partial charge in [-0.1, -0.05) is 0 Å². The van der Waals surface area contributed by atoms with Crippen LogP contribution >= 0.6 is 0 Å². The van der Waals surface area contributed by atoms with Crippen molar-refractivity contribution in [3.8, 4) is 5.69 Å². The Balaban J connectivity index is 2.49. The van der Waals surface area contributed by atoms with Crippen molar-refractivity contribution >= 4 is 0 Å². The molecule has 2 rings (SSSR count). The van der Waals surface area contributed by atoms with E-state index in [1.54, 1.807) is 12.3 Å². The molecule has 1 radical (unpaired) electrons. The van der Waals surface area contributed by atoms with Crippen LogP contribution in [0.2, 0.25) is 0 Å². The third-order valence-corrected chi connectivity index (χ3v) is 1.62. The van der Waals surface area contributed by atoms with Crippen LogP contribution in [-0.2, 0) is 0 Å². The maximum Gasteiger partial charge on any atom is 0.160 e. The van der Waals surface area contributed by atoms with Crippen molar-refractivity contribution in [1.29, 1.82) is 0 Å². The minimum atomic E-state index is -0.881. The van der Waals surface area contributed by atoms with E-state index in [1.165, 1.54) is 10.7 Å². The smallest absolute Gasteiger partial charge is 0.160 e. The maximum atomic E-state index is 12.7. The molecule has 0 unspecified atom stereocenters. The van der Waals surface area contributed by atoms with Gasteiger partial charge in [0.05, 0.1) is 5.69 Å². The van der Waals surface area contributed by atoms with E-state index in [9.17, 15) is 8.78 Å². The predicted molar refractivity (Wildman–Crippen MR) is 42.3 cm³/mol. The molecule has 0 amide bonds. The molecule has 2 nitrogen and oxygen atoms in total. The molecule has 0 spiro atoms. The lowest BCUT2D eigenvalue weighted by atomic mass is 10.3. The molecule has 0 aliphatic carbocycles. The van der Waals surface area contributed by atoms with Crippen LogP contribution in [0.3, 0.4) is 0 Å². The minimum Gasteiger partial charge on any atom is -0.240 e. The van der Waals surface area contributed by atoms with Crippen LogP contribution in [0, 0.1) is 17.8 Å². The van der Waals surface area contributed by atoms with Gasteiger partial charge in [-0.3, -0.25) is 0 Å². The number of rotatable bonds is 1. The minimum absolute atomic E-state index is 0.472. The van der Waals surface area contributed by atoms with E-state index in [2.05, 4.69) is 11.3 Å². The average molecular weight is 179 g/mol. The highest BCUT2D eigenvalue weighted by atomic mass is 19.2. The predicted octanol–water partition coefficient (Wildman–Crippen LogP) is 1.95. The highest BCUT2D eigenvalue weighted by Crippen LogP contribution is 2.11. The molecule has 1 aromatic heterocycles. The van der Waals surface area contributed by atoms with Gasteiger partial charge in [0.15, 0.2) is 11.6 Å². The SMILES string of the molecule is Fc1ccc(-n2cc[c]n2)cc1F. The molecule has 0 fully saturated rings. The normalized spacial score (nSPS) is 10.3. The van der Waals surface area contributed by atoms with Crippen molar-refractivity contribution in [2.45, 2.75) is 0 Å². The van der Waals surface area contributed by atoms with Crippen LogP contribution in [0.4, 0.5) is 8.78 Å². The van der Waals surface area contributed by atoms with Crippen molar-refractivity contribution in [3.05, 3.63) is 48.3 Å². The van der Waals surface area contributed by atoms with E-state index < -0.39 is 11.6 Å². The molecule has 0 aliphatic rings. The zero-order valence-corrected chi connectivity index (χ0v) is 6.54. The molecule has 0 saturated heterocycles. The van der Waals surface area contributed by atoms with Crippen LogP contribution in [0.1, 0.15) is 0 Å². The number of nitrogens with zero attached hydrogens (tertiary/aromatic N) is 2. The molecule has 1 heterocycles. The quantitative estimate of drug-likeness (QED) is 0.654. The summed E-state index contributed by atoms with van der Waals surface area (Å²) in [4.78, 5) is 0. The Morgan fingerprint density at radius 3 is 2.69 bits per heavy atom. The van der Waals surface area contributed by atoms with E-state index >= 15 is 0 Å². The van der Waals surface area contributed by atoms with Crippen LogP contribution in [0.15, 0.2) is 30.5 Å². The van der Waals surface area contributed by atoms with Crippen LogP contribution in [-0.4, -0.2) is 9.78 Å². The van der Waals surface area contributed by atoms with Gasteiger partial charge < -0.3 is 0 Å². The van der Waals surface area contributed by atoms with E-state index in [4.69, 9.17) is 0 Å². The van der Waals surface area contributed by atoms with Crippen molar-refractivity contribution in [1.82, 2.24) is 9.78 Å². The highest BCUT2D eigenvalue weighted by Gasteiger charge is 2.03. The monoisotopic (exact) mass is 179 g/mol. The molecule has 2 aromatic rings. The number of aromatic nitrogens is 2. The second-order valence-corrected chi connectivity index (χ2v) is 2.49. The Kier molecular flexibility index (Phi) is 1.81. The van der Waals surface area contributed by atoms with Crippen LogP contribution in [0.25, 0.3) is 5.69 Å². The van der Waals surface area contributed by atoms with E-state index in [-0.39, 0.29) is 0 Å². The molecule has 4 heteroatoms. The van der Waals surface area contributed by atoms with Crippen LogP contribution in [0.5, 0.6) is 0 Å². The molecule has 0 atom stereocenters. The fraction of sp³-hybridized carbons (Fsp3) is 0. The average Bonchev–Trinajstić information content (AvgIpc) is 2.62. The molecule has 0 aliphatic heterocycles. The van der Waals surface area contributed by atoms with Gasteiger partial charge in [-0.05, 0) is 18.2 Å². The largest absolute Gasteiger partial charge is 0.240 e. The first-order valence-corrected chi connectivity index (χ1v) is 3.64. The molecule has 13 heavy (non-hydrogen) atoms. The Morgan fingerprint density at radius 1 is 1.23 bits per heavy atom. The third kappa shape index (κ3) is 1.42. The first kappa shape index (κ1) is 7.91. The summed E-state index contributed by atoms with van der Waals surface area (Å²) < 4.78 is 26.7. The van der Waals surface area contributed by atoms with Crippen molar-refractivity contribution in [3.63, 3.8) is 0 Å². The Morgan fingerprint density at radius 2 is 2.08 bits per heavy atom. The number of benzene rings is 1. The topological polar surface area (TPSA) is 17.8 Å². The number of hydrogen-bond donors (Lipinski definition) is 0. The van der Waals surface area contributed by atoms with E-state index in [0.29, 0.717) is 5.69 Å². The summed E-state index contributed by atoms with van der Waals surface area (Å²) in [6.45, 7) is 0. The van der Waals surface area contributed by atoms with E-state index in [1.807, 2.05) is 0 Å². The van der Waals surface area contributed by atoms with Gasteiger partial charge in [0.2, 0.25) is 0 Å².